The van der Waals surface area contributed by atoms with Crippen LogP contribution in [0.4, 0.5) is 0 Å². The van der Waals surface area contributed by atoms with Crippen LogP contribution in [0.3, 0.4) is 0 Å². The molecule has 6 heteroatoms. The number of furan rings is 1. The third-order valence-electron chi connectivity index (χ3n) is 4.53. The van der Waals surface area contributed by atoms with E-state index >= 15 is 0 Å². The molecule has 1 aliphatic heterocycles. The van der Waals surface area contributed by atoms with Gasteiger partial charge in [0, 0.05) is 6.42 Å². The Morgan fingerprint density at radius 3 is 2.68 bits per heavy atom. The summed E-state index contributed by atoms with van der Waals surface area (Å²) in [4.78, 5) is 12.3. The standard InChI is InChI=1S/C22H21NO5/c1-25-19-8-4-5-9-20(19)26-14-16-10-11-21(27-16)22(24)23-13-17-12-15-6-2-3-7-18(15)28-17/h2-11,17H,12-14H2,1H3,(H,23,24)/t17-/m0/s1. The van der Waals surface area contributed by atoms with Crippen molar-refractivity contribution < 1.29 is 23.4 Å². The molecule has 1 atom stereocenters. The van der Waals surface area contributed by atoms with E-state index in [0.29, 0.717) is 23.8 Å². The molecule has 0 bridgehead atoms. The van der Waals surface area contributed by atoms with Crippen LogP contribution in [0, 0.1) is 0 Å². The zero-order valence-electron chi connectivity index (χ0n) is 15.5. The summed E-state index contributed by atoms with van der Waals surface area (Å²) >= 11 is 0. The van der Waals surface area contributed by atoms with Crippen LogP contribution in [0.2, 0.25) is 0 Å². The number of para-hydroxylation sites is 3. The molecule has 2 aromatic carbocycles. The largest absolute Gasteiger partial charge is 0.493 e. The number of rotatable bonds is 7. The predicted molar refractivity (Wildman–Crippen MR) is 103 cm³/mol. The van der Waals surface area contributed by atoms with Crippen LogP contribution >= 0.6 is 0 Å². The number of ether oxygens (including phenoxy) is 3. The monoisotopic (exact) mass is 379 g/mol. The summed E-state index contributed by atoms with van der Waals surface area (Å²) in [6, 6.07) is 18.6. The molecule has 1 amide bonds. The molecular formula is C22H21NO5. The van der Waals surface area contributed by atoms with Gasteiger partial charge in [-0.2, -0.15) is 0 Å². The van der Waals surface area contributed by atoms with Gasteiger partial charge < -0.3 is 23.9 Å². The predicted octanol–water partition coefficient (Wildman–Crippen LogP) is 3.60. The van der Waals surface area contributed by atoms with Crippen LogP contribution in [0.5, 0.6) is 17.2 Å². The maximum atomic E-state index is 12.3. The Bertz CT molecular complexity index is 940. The van der Waals surface area contributed by atoms with Gasteiger partial charge >= 0.3 is 0 Å². The highest BCUT2D eigenvalue weighted by Crippen LogP contribution is 2.28. The number of hydrogen-bond acceptors (Lipinski definition) is 5. The Labute approximate surface area is 163 Å². The number of hydrogen-bond donors (Lipinski definition) is 1. The topological polar surface area (TPSA) is 69.9 Å². The molecule has 3 aromatic rings. The third-order valence-corrected chi connectivity index (χ3v) is 4.53. The molecule has 0 saturated carbocycles. The fraction of sp³-hybridized carbons (Fsp3) is 0.227. The molecule has 28 heavy (non-hydrogen) atoms. The second-order valence-electron chi connectivity index (χ2n) is 6.47. The van der Waals surface area contributed by atoms with E-state index < -0.39 is 0 Å². The molecule has 0 saturated heterocycles. The Kier molecular flexibility index (Phi) is 5.19. The van der Waals surface area contributed by atoms with Gasteiger partial charge in [0.2, 0.25) is 0 Å². The minimum Gasteiger partial charge on any atom is -0.493 e. The van der Waals surface area contributed by atoms with Crippen molar-refractivity contribution in [1.29, 1.82) is 0 Å². The fourth-order valence-corrected chi connectivity index (χ4v) is 3.13. The lowest BCUT2D eigenvalue weighted by Crippen LogP contribution is -2.34. The molecule has 0 radical (unpaired) electrons. The minimum atomic E-state index is -0.275. The first kappa shape index (κ1) is 18.0. The number of methoxy groups -OCH3 is 1. The van der Waals surface area contributed by atoms with Crippen molar-refractivity contribution in [3.05, 3.63) is 77.7 Å². The molecule has 0 spiro atoms. The Balaban J connectivity index is 1.29. The van der Waals surface area contributed by atoms with Gasteiger partial charge in [-0.3, -0.25) is 4.79 Å². The average molecular weight is 379 g/mol. The smallest absolute Gasteiger partial charge is 0.287 e. The number of nitrogens with one attached hydrogen (secondary N) is 1. The van der Waals surface area contributed by atoms with E-state index in [1.54, 1.807) is 19.2 Å². The first-order valence-electron chi connectivity index (χ1n) is 9.10. The maximum absolute atomic E-state index is 12.3. The van der Waals surface area contributed by atoms with Gasteiger partial charge in [0.25, 0.3) is 5.91 Å². The molecule has 0 aliphatic carbocycles. The van der Waals surface area contributed by atoms with E-state index in [1.165, 1.54) is 0 Å². The molecule has 4 rings (SSSR count). The molecule has 2 heterocycles. The Hall–Kier alpha value is -3.41. The summed E-state index contributed by atoms with van der Waals surface area (Å²) < 4.78 is 22.4. The van der Waals surface area contributed by atoms with Crippen molar-refractivity contribution in [3.63, 3.8) is 0 Å². The molecule has 144 valence electrons. The van der Waals surface area contributed by atoms with Gasteiger partial charge in [-0.25, -0.2) is 0 Å². The van der Waals surface area contributed by atoms with Gasteiger partial charge in [0.15, 0.2) is 17.3 Å². The summed E-state index contributed by atoms with van der Waals surface area (Å²) in [6.07, 6.45) is 0.719. The van der Waals surface area contributed by atoms with Crippen molar-refractivity contribution in [1.82, 2.24) is 5.32 Å². The van der Waals surface area contributed by atoms with E-state index in [4.69, 9.17) is 18.6 Å². The molecule has 0 unspecified atom stereocenters. The first-order valence-corrected chi connectivity index (χ1v) is 9.10. The number of carbonyl (C=O) groups is 1. The van der Waals surface area contributed by atoms with Gasteiger partial charge in [-0.15, -0.1) is 0 Å². The average Bonchev–Trinajstić information content (AvgIpc) is 3.37. The molecule has 6 nitrogen and oxygen atoms in total. The Morgan fingerprint density at radius 2 is 1.86 bits per heavy atom. The van der Waals surface area contributed by atoms with E-state index in [0.717, 1.165) is 17.7 Å². The molecule has 1 aliphatic rings. The summed E-state index contributed by atoms with van der Waals surface area (Å²) in [5.74, 6) is 2.67. The summed E-state index contributed by atoms with van der Waals surface area (Å²) in [6.45, 7) is 0.621. The zero-order chi connectivity index (χ0) is 19.3. The van der Waals surface area contributed by atoms with Crippen LogP contribution in [0.1, 0.15) is 21.9 Å². The molecule has 1 N–H and O–H groups in total. The number of benzene rings is 2. The van der Waals surface area contributed by atoms with E-state index in [1.807, 2.05) is 48.5 Å². The van der Waals surface area contributed by atoms with Gasteiger partial charge in [0.05, 0.1) is 13.7 Å². The van der Waals surface area contributed by atoms with Crippen LogP contribution < -0.4 is 19.5 Å². The lowest BCUT2D eigenvalue weighted by atomic mass is 10.1. The maximum Gasteiger partial charge on any atom is 0.287 e. The number of carbonyl (C=O) groups excluding carboxylic acids is 1. The SMILES string of the molecule is COc1ccccc1OCc1ccc(C(=O)NC[C@@H]2Cc3ccccc3O2)o1. The van der Waals surface area contributed by atoms with Gasteiger partial charge in [0.1, 0.15) is 24.2 Å². The number of fused-ring (bicyclic) bond motifs is 1. The van der Waals surface area contributed by atoms with E-state index in [2.05, 4.69) is 5.32 Å². The Morgan fingerprint density at radius 1 is 1.07 bits per heavy atom. The zero-order valence-corrected chi connectivity index (χ0v) is 15.5. The number of amides is 1. The second kappa shape index (κ2) is 8.08. The van der Waals surface area contributed by atoms with Crippen molar-refractivity contribution in [3.8, 4) is 17.2 Å². The molecule has 1 aromatic heterocycles. The fourth-order valence-electron chi connectivity index (χ4n) is 3.13. The highest BCUT2D eigenvalue weighted by atomic mass is 16.5. The highest BCUT2D eigenvalue weighted by Gasteiger charge is 2.23. The first-order chi connectivity index (χ1) is 13.7. The van der Waals surface area contributed by atoms with Crippen molar-refractivity contribution >= 4 is 5.91 Å². The van der Waals surface area contributed by atoms with E-state index in [9.17, 15) is 4.79 Å². The summed E-state index contributed by atoms with van der Waals surface area (Å²) in [5, 5.41) is 2.86. The van der Waals surface area contributed by atoms with Gasteiger partial charge in [-0.05, 0) is 35.9 Å². The lowest BCUT2D eigenvalue weighted by molar-refractivity contribution is 0.0901. The van der Waals surface area contributed by atoms with Crippen molar-refractivity contribution in [2.75, 3.05) is 13.7 Å². The van der Waals surface area contributed by atoms with Crippen LogP contribution in [0.15, 0.2) is 65.1 Å². The summed E-state index contributed by atoms with van der Waals surface area (Å²) in [5.41, 5.74) is 1.16. The normalized spacial score (nSPS) is 14.8. The summed E-state index contributed by atoms with van der Waals surface area (Å²) in [7, 11) is 1.59. The van der Waals surface area contributed by atoms with Crippen LogP contribution in [0.25, 0.3) is 0 Å². The molecule has 0 fully saturated rings. The third kappa shape index (κ3) is 3.96. The van der Waals surface area contributed by atoms with Crippen molar-refractivity contribution in [2.24, 2.45) is 0 Å². The minimum absolute atomic E-state index is 0.0651. The van der Waals surface area contributed by atoms with Crippen LogP contribution in [-0.4, -0.2) is 25.7 Å². The van der Waals surface area contributed by atoms with Crippen molar-refractivity contribution in [2.45, 2.75) is 19.1 Å². The molecular weight excluding hydrogens is 358 g/mol. The van der Waals surface area contributed by atoms with Crippen LogP contribution in [-0.2, 0) is 13.0 Å². The quantitative estimate of drug-likeness (QED) is 0.679. The van der Waals surface area contributed by atoms with E-state index in [-0.39, 0.29) is 24.4 Å². The second-order valence-corrected chi connectivity index (χ2v) is 6.47. The highest BCUT2D eigenvalue weighted by molar-refractivity contribution is 5.91. The van der Waals surface area contributed by atoms with Gasteiger partial charge in [-0.1, -0.05) is 30.3 Å². The lowest BCUT2D eigenvalue weighted by Gasteiger charge is -2.11.